The molecule has 6 rings (SSSR count). The SMILES string of the molecule is CCOc1ccc([C@H]2C(C(=O)OC)=CN=c3s/c(=C\c4cc(Br)c(OCc5ccc6ccccc6c5)c(OC)c4)c(=O)n32)cc1OCC. The number of carbonyl (C=O) groups excluding carboxylic acids is 1. The molecule has 0 unspecified atom stereocenters. The number of esters is 1. The van der Waals surface area contributed by atoms with Crippen LogP contribution < -0.4 is 33.8 Å². The maximum Gasteiger partial charge on any atom is 0.337 e. The van der Waals surface area contributed by atoms with Gasteiger partial charge < -0.3 is 23.7 Å². The molecule has 0 saturated heterocycles. The molecule has 0 bridgehead atoms. The number of carbonyl (C=O) groups is 1. The number of hydrogen-bond donors (Lipinski definition) is 0. The zero-order chi connectivity index (χ0) is 33.8. The number of methoxy groups -OCH3 is 2. The highest BCUT2D eigenvalue weighted by Gasteiger charge is 2.31. The van der Waals surface area contributed by atoms with Gasteiger partial charge in [-0.3, -0.25) is 9.36 Å². The van der Waals surface area contributed by atoms with Gasteiger partial charge in [-0.2, -0.15) is 0 Å². The number of fused-ring (bicyclic) bond motifs is 2. The fourth-order valence-corrected chi connectivity index (χ4v) is 7.13. The topological polar surface area (TPSA) is 97.6 Å². The lowest BCUT2D eigenvalue weighted by Crippen LogP contribution is -2.39. The molecule has 246 valence electrons. The summed E-state index contributed by atoms with van der Waals surface area (Å²) in [7, 11) is 2.87. The van der Waals surface area contributed by atoms with Crippen LogP contribution in [0.5, 0.6) is 23.0 Å². The molecule has 11 heteroatoms. The van der Waals surface area contributed by atoms with Crippen molar-refractivity contribution < 1.29 is 28.5 Å². The first-order valence-corrected chi connectivity index (χ1v) is 16.9. The zero-order valence-electron chi connectivity index (χ0n) is 26.8. The molecular formula is C37H33BrN2O7S. The summed E-state index contributed by atoms with van der Waals surface area (Å²) in [6.07, 6.45) is 3.23. The molecule has 48 heavy (non-hydrogen) atoms. The van der Waals surface area contributed by atoms with E-state index in [1.54, 1.807) is 25.3 Å². The van der Waals surface area contributed by atoms with Crippen LogP contribution in [0.2, 0.25) is 0 Å². The Hall–Kier alpha value is -4.87. The van der Waals surface area contributed by atoms with Crippen molar-refractivity contribution >= 4 is 50.1 Å². The van der Waals surface area contributed by atoms with Crippen LogP contribution in [0, 0.1) is 0 Å². The average Bonchev–Trinajstić information content (AvgIpc) is 3.41. The van der Waals surface area contributed by atoms with E-state index >= 15 is 0 Å². The Morgan fingerprint density at radius 1 is 0.917 bits per heavy atom. The zero-order valence-corrected chi connectivity index (χ0v) is 29.2. The summed E-state index contributed by atoms with van der Waals surface area (Å²) in [4.78, 5) is 31.9. The molecule has 0 spiro atoms. The molecule has 0 saturated carbocycles. The highest BCUT2D eigenvalue weighted by atomic mass is 79.9. The molecule has 1 aliphatic rings. The van der Waals surface area contributed by atoms with Crippen LogP contribution in [-0.4, -0.2) is 38.0 Å². The van der Waals surface area contributed by atoms with Crippen molar-refractivity contribution in [3.63, 3.8) is 0 Å². The van der Waals surface area contributed by atoms with E-state index in [1.165, 1.54) is 29.2 Å². The maximum atomic E-state index is 14.1. The Labute approximate surface area is 289 Å². The second-order valence-electron chi connectivity index (χ2n) is 10.8. The van der Waals surface area contributed by atoms with Gasteiger partial charge in [-0.1, -0.05) is 53.8 Å². The molecule has 4 aromatic carbocycles. The van der Waals surface area contributed by atoms with Crippen molar-refractivity contribution in [2.75, 3.05) is 27.4 Å². The molecule has 0 amide bonds. The fraction of sp³-hybridized carbons (Fsp3) is 0.216. The molecule has 9 nitrogen and oxygen atoms in total. The van der Waals surface area contributed by atoms with E-state index in [0.717, 1.165) is 16.3 Å². The van der Waals surface area contributed by atoms with Gasteiger partial charge in [-0.15, -0.1) is 0 Å². The number of rotatable bonds is 11. The van der Waals surface area contributed by atoms with Gasteiger partial charge in [0.15, 0.2) is 27.8 Å². The van der Waals surface area contributed by atoms with Crippen LogP contribution in [0.25, 0.3) is 16.8 Å². The van der Waals surface area contributed by atoms with Crippen LogP contribution in [0.1, 0.15) is 36.6 Å². The number of ether oxygens (including phenoxy) is 5. The van der Waals surface area contributed by atoms with E-state index in [0.29, 0.717) is 67.8 Å². The summed E-state index contributed by atoms with van der Waals surface area (Å²) in [5.41, 5.74) is 2.30. The molecule has 0 fully saturated rings. The first kappa shape index (κ1) is 33.0. The smallest absolute Gasteiger partial charge is 0.337 e. The van der Waals surface area contributed by atoms with Crippen molar-refractivity contribution in [3.05, 3.63) is 125 Å². The molecule has 2 heterocycles. The van der Waals surface area contributed by atoms with Gasteiger partial charge in [0.2, 0.25) is 0 Å². The van der Waals surface area contributed by atoms with Gasteiger partial charge in [-0.05, 0) is 93.6 Å². The van der Waals surface area contributed by atoms with Gasteiger partial charge in [0.25, 0.3) is 5.56 Å². The number of benzene rings is 4. The van der Waals surface area contributed by atoms with Crippen molar-refractivity contribution in [3.8, 4) is 23.0 Å². The third-order valence-electron chi connectivity index (χ3n) is 7.75. The second kappa shape index (κ2) is 14.5. The van der Waals surface area contributed by atoms with Gasteiger partial charge in [0.1, 0.15) is 6.61 Å². The first-order valence-electron chi connectivity index (χ1n) is 15.3. The van der Waals surface area contributed by atoms with E-state index in [4.69, 9.17) is 23.7 Å². The number of thiazole rings is 1. The van der Waals surface area contributed by atoms with Gasteiger partial charge in [-0.25, -0.2) is 9.79 Å². The molecule has 0 aliphatic carbocycles. The average molecular weight is 730 g/mol. The minimum absolute atomic E-state index is 0.223. The van der Waals surface area contributed by atoms with Crippen molar-refractivity contribution in [2.24, 2.45) is 4.99 Å². The van der Waals surface area contributed by atoms with E-state index in [-0.39, 0.29) is 11.1 Å². The lowest BCUT2D eigenvalue weighted by molar-refractivity contribution is -0.136. The number of aromatic nitrogens is 1. The molecule has 1 aliphatic heterocycles. The van der Waals surface area contributed by atoms with Crippen molar-refractivity contribution in [2.45, 2.75) is 26.5 Å². The molecule has 0 radical (unpaired) electrons. The summed E-state index contributed by atoms with van der Waals surface area (Å²) < 4.78 is 31.2. The van der Waals surface area contributed by atoms with Gasteiger partial charge in [0.05, 0.1) is 48.1 Å². The number of halogens is 1. The number of nitrogens with zero attached hydrogens (tertiary/aromatic N) is 2. The van der Waals surface area contributed by atoms with Crippen LogP contribution in [-0.2, 0) is 16.1 Å². The van der Waals surface area contributed by atoms with Crippen molar-refractivity contribution in [1.82, 2.24) is 4.57 Å². The summed E-state index contributed by atoms with van der Waals surface area (Å²) in [6, 6.07) is 22.7. The third kappa shape index (κ3) is 6.61. The number of hydrogen-bond acceptors (Lipinski definition) is 9. The molecule has 0 N–H and O–H groups in total. The molecule has 5 aromatic rings. The molecule has 1 aromatic heterocycles. The van der Waals surface area contributed by atoms with E-state index in [9.17, 15) is 9.59 Å². The Kier molecular flexibility index (Phi) is 9.98. The monoisotopic (exact) mass is 728 g/mol. The van der Waals surface area contributed by atoms with Crippen LogP contribution in [0.4, 0.5) is 0 Å². The Balaban J connectivity index is 1.36. The van der Waals surface area contributed by atoms with Crippen LogP contribution in [0.3, 0.4) is 0 Å². The third-order valence-corrected chi connectivity index (χ3v) is 9.34. The minimum Gasteiger partial charge on any atom is -0.493 e. The normalized spacial score (nSPS) is 14.1. The summed E-state index contributed by atoms with van der Waals surface area (Å²) in [5, 5.41) is 2.30. The van der Waals surface area contributed by atoms with Crippen LogP contribution in [0.15, 0.2) is 98.8 Å². The lowest BCUT2D eigenvalue weighted by atomic mass is 9.97. The second-order valence-corrected chi connectivity index (χ2v) is 12.6. The quantitative estimate of drug-likeness (QED) is 0.147. The largest absolute Gasteiger partial charge is 0.493 e. The van der Waals surface area contributed by atoms with E-state index in [2.05, 4.69) is 45.2 Å². The lowest BCUT2D eigenvalue weighted by Gasteiger charge is -2.23. The standard InChI is InChI=1S/C37H33BrN2O7S/c1-5-45-29-14-13-26(19-30(29)46-6-2)33-27(36(42)44-4)20-39-37-40(33)35(41)32(48-37)18-23-16-28(38)34(31(17-23)43-3)47-21-22-11-12-24-9-7-8-10-25(24)15-22/h7-20,33H,5-6,21H2,1-4H3/b32-18-/t33-/m0/s1. The Bertz CT molecular complexity index is 2220. The highest BCUT2D eigenvalue weighted by Crippen LogP contribution is 2.38. The Morgan fingerprint density at radius 3 is 2.44 bits per heavy atom. The highest BCUT2D eigenvalue weighted by molar-refractivity contribution is 9.10. The summed E-state index contributed by atoms with van der Waals surface area (Å²) in [5.74, 6) is 1.56. The van der Waals surface area contributed by atoms with Gasteiger partial charge in [0, 0.05) is 6.20 Å². The van der Waals surface area contributed by atoms with Gasteiger partial charge >= 0.3 is 5.97 Å². The van der Waals surface area contributed by atoms with Crippen molar-refractivity contribution in [1.29, 1.82) is 0 Å². The maximum absolute atomic E-state index is 14.1. The fourth-order valence-electron chi connectivity index (χ4n) is 5.59. The van der Waals surface area contributed by atoms with E-state index < -0.39 is 12.0 Å². The summed E-state index contributed by atoms with van der Waals surface area (Å²) >= 11 is 4.87. The molecular weight excluding hydrogens is 696 g/mol. The first-order chi connectivity index (χ1) is 23.3. The molecule has 1 atom stereocenters. The predicted molar refractivity (Wildman–Crippen MR) is 189 cm³/mol. The summed E-state index contributed by atoms with van der Waals surface area (Å²) in [6.45, 7) is 4.98. The minimum atomic E-state index is -0.794. The van der Waals surface area contributed by atoms with E-state index in [1.807, 2.05) is 50.2 Å². The van der Waals surface area contributed by atoms with Crippen LogP contribution >= 0.6 is 27.3 Å². The Morgan fingerprint density at radius 2 is 1.69 bits per heavy atom. The predicted octanol–water partition coefficient (Wildman–Crippen LogP) is 6.32.